The zero-order valence-electron chi connectivity index (χ0n) is 14.2. The van der Waals surface area contributed by atoms with E-state index in [-0.39, 0.29) is 10.9 Å². The van der Waals surface area contributed by atoms with Gasteiger partial charge in [-0.2, -0.15) is 0 Å². The van der Waals surface area contributed by atoms with E-state index in [9.17, 15) is 13.5 Å². The lowest BCUT2D eigenvalue weighted by Gasteiger charge is -2.33. The molecule has 1 fully saturated rings. The Bertz CT molecular complexity index is 889. The van der Waals surface area contributed by atoms with Crippen molar-refractivity contribution < 1.29 is 13.5 Å². The lowest BCUT2D eigenvalue weighted by molar-refractivity contribution is 0.0163. The molecule has 0 radical (unpaired) electrons. The lowest BCUT2D eigenvalue weighted by atomic mass is 9.84. The van der Waals surface area contributed by atoms with Crippen LogP contribution < -0.4 is 4.72 Å². The molecule has 0 aliphatic heterocycles. The minimum absolute atomic E-state index is 0.160. The first-order valence-corrected chi connectivity index (χ1v) is 10.6. The Kier molecular flexibility index (Phi) is 5.61. The quantitative estimate of drug-likeness (QED) is 0.791. The molecule has 0 atom stereocenters. The highest BCUT2D eigenvalue weighted by Gasteiger charge is 2.31. The lowest BCUT2D eigenvalue weighted by Crippen LogP contribution is -2.42. The first-order valence-electron chi connectivity index (χ1n) is 8.32. The van der Waals surface area contributed by atoms with E-state index >= 15 is 0 Å². The molecule has 2 N–H and O–H groups in total. The van der Waals surface area contributed by atoms with E-state index in [0.717, 1.165) is 0 Å². The summed E-state index contributed by atoms with van der Waals surface area (Å²) in [5, 5.41) is 10.8. The Hall–Kier alpha value is -1.18. The minimum atomic E-state index is -3.62. The molecule has 140 valence electrons. The third-order valence-corrected chi connectivity index (χ3v) is 6.66. The molecule has 26 heavy (non-hydrogen) atoms. The van der Waals surface area contributed by atoms with E-state index in [2.05, 4.69) is 9.71 Å². The number of hydrogen-bond donors (Lipinski definition) is 2. The number of benzene rings is 1. The van der Waals surface area contributed by atoms with Crippen molar-refractivity contribution in [2.24, 2.45) is 0 Å². The second kappa shape index (κ2) is 7.44. The normalized spacial score (nSPS) is 23.8. The second-order valence-corrected chi connectivity index (χ2v) is 9.46. The Morgan fingerprint density at radius 1 is 1.19 bits per heavy atom. The Labute approximate surface area is 163 Å². The van der Waals surface area contributed by atoms with E-state index in [1.165, 1.54) is 18.3 Å². The van der Waals surface area contributed by atoms with Crippen LogP contribution in [0.4, 0.5) is 0 Å². The fourth-order valence-corrected chi connectivity index (χ4v) is 4.86. The molecule has 5 nitrogen and oxygen atoms in total. The van der Waals surface area contributed by atoms with Gasteiger partial charge in [-0.1, -0.05) is 35.3 Å². The van der Waals surface area contributed by atoms with E-state index in [1.807, 2.05) is 0 Å². The largest absolute Gasteiger partial charge is 0.390 e. The summed E-state index contributed by atoms with van der Waals surface area (Å²) in [5.41, 5.74) is 0.552. The van der Waals surface area contributed by atoms with Crippen LogP contribution >= 0.6 is 23.2 Å². The van der Waals surface area contributed by atoms with Gasteiger partial charge in [-0.05, 0) is 50.8 Å². The second-order valence-electron chi connectivity index (χ2n) is 6.90. The van der Waals surface area contributed by atoms with Crippen LogP contribution in [0.25, 0.3) is 11.3 Å². The maximum Gasteiger partial charge on any atom is 0.240 e. The van der Waals surface area contributed by atoms with Crippen molar-refractivity contribution in [3.8, 4) is 11.3 Å². The van der Waals surface area contributed by atoms with Crippen LogP contribution in [0.2, 0.25) is 10.0 Å². The van der Waals surface area contributed by atoms with Crippen molar-refractivity contribution in [2.45, 2.75) is 49.1 Å². The summed E-state index contributed by atoms with van der Waals surface area (Å²) >= 11 is 12.0. The molecule has 3 rings (SSSR count). The number of pyridine rings is 1. The van der Waals surface area contributed by atoms with Crippen molar-refractivity contribution in [2.75, 3.05) is 0 Å². The molecule has 0 saturated heterocycles. The van der Waals surface area contributed by atoms with Gasteiger partial charge < -0.3 is 5.11 Å². The predicted octanol–water partition coefficient (Wildman–Crippen LogP) is 4.03. The van der Waals surface area contributed by atoms with Crippen molar-refractivity contribution >= 4 is 33.2 Å². The molecule has 0 unspecified atom stereocenters. The van der Waals surface area contributed by atoms with Crippen LogP contribution in [0.15, 0.2) is 41.4 Å². The van der Waals surface area contributed by atoms with Gasteiger partial charge in [-0.15, -0.1) is 0 Å². The first-order chi connectivity index (χ1) is 12.2. The van der Waals surface area contributed by atoms with Crippen LogP contribution in [-0.4, -0.2) is 30.2 Å². The smallest absolute Gasteiger partial charge is 0.240 e. The maximum absolute atomic E-state index is 12.6. The van der Waals surface area contributed by atoms with E-state index in [4.69, 9.17) is 23.2 Å². The summed E-state index contributed by atoms with van der Waals surface area (Å²) in [6, 6.07) is 7.83. The van der Waals surface area contributed by atoms with Gasteiger partial charge in [-0.3, -0.25) is 4.98 Å². The third-order valence-electron chi connectivity index (χ3n) is 4.63. The number of aromatic nitrogens is 1. The number of aliphatic hydroxyl groups is 1. The Morgan fingerprint density at radius 2 is 1.81 bits per heavy atom. The van der Waals surface area contributed by atoms with Gasteiger partial charge >= 0.3 is 0 Å². The molecule has 1 aliphatic carbocycles. The van der Waals surface area contributed by atoms with Crippen LogP contribution in [0, 0.1) is 0 Å². The molecular formula is C18H20Cl2N2O3S. The number of halogens is 2. The minimum Gasteiger partial charge on any atom is -0.390 e. The molecule has 1 aromatic heterocycles. The molecule has 1 aliphatic rings. The predicted molar refractivity (Wildman–Crippen MR) is 103 cm³/mol. The van der Waals surface area contributed by atoms with E-state index in [1.54, 1.807) is 25.1 Å². The summed E-state index contributed by atoms with van der Waals surface area (Å²) in [6.07, 6.45) is 3.90. The number of hydrogen-bond acceptors (Lipinski definition) is 4. The molecule has 0 bridgehead atoms. The van der Waals surface area contributed by atoms with Crippen LogP contribution in [-0.2, 0) is 10.0 Å². The third kappa shape index (κ3) is 4.56. The fourth-order valence-electron chi connectivity index (χ4n) is 3.06. The van der Waals surface area contributed by atoms with Gasteiger partial charge in [0.15, 0.2) is 0 Å². The van der Waals surface area contributed by atoms with Crippen LogP contribution in [0.5, 0.6) is 0 Å². The van der Waals surface area contributed by atoms with Gasteiger partial charge in [0.1, 0.15) is 0 Å². The summed E-state index contributed by atoms with van der Waals surface area (Å²) in [6.45, 7) is 1.78. The maximum atomic E-state index is 12.6. The summed E-state index contributed by atoms with van der Waals surface area (Å²) in [5.74, 6) is 0. The average Bonchev–Trinajstić information content (AvgIpc) is 2.57. The van der Waals surface area contributed by atoms with Crippen LogP contribution in [0.1, 0.15) is 32.6 Å². The van der Waals surface area contributed by atoms with Crippen molar-refractivity contribution in [1.82, 2.24) is 9.71 Å². The highest BCUT2D eigenvalue weighted by molar-refractivity contribution is 7.89. The topological polar surface area (TPSA) is 79.3 Å². The highest BCUT2D eigenvalue weighted by atomic mass is 35.5. The molecule has 1 aromatic carbocycles. The highest BCUT2D eigenvalue weighted by Crippen LogP contribution is 2.30. The SMILES string of the molecule is C[C@]1(O)CC[C@H](NS(=O)(=O)c2ccc(-c3ncc(Cl)cc3Cl)cc2)CC1. The van der Waals surface area contributed by atoms with Gasteiger partial charge in [0.05, 0.1) is 26.2 Å². The Morgan fingerprint density at radius 3 is 2.38 bits per heavy atom. The number of rotatable bonds is 4. The Balaban J connectivity index is 1.75. The molecule has 8 heteroatoms. The van der Waals surface area contributed by atoms with E-state index in [0.29, 0.717) is 47.0 Å². The summed E-state index contributed by atoms with van der Waals surface area (Å²) in [4.78, 5) is 4.38. The number of sulfonamides is 1. The van der Waals surface area contributed by atoms with Gasteiger partial charge in [0, 0.05) is 17.8 Å². The van der Waals surface area contributed by atoms with Gasteiger partial charge in [-0.25, -0.2) is 13.1 Å². The van der Waals surface area contributed by atoms with E-state index < -0.39 is 15.6 Å². The zero-order chi connectivity index (χ0) is 18.9. The first kappa shape index (κ1) is 19.6. The number of nitrogens with one attached hydrogen (secondary N) is 1. The standard InChI is InChI=1S/C18H20Cl2N2O3S/c1-18(23)8-6-14(7-9-18)22-26(24,25)15-4-2-12(3-5-15)17-16(20)10-13(19)11-21-17/h2-5,10-11,14,22-23H,6-9H2,1H3/t14-,18-. The summed E-state index contributed by atoms with van der Waals surface area (Å²) in [7, 11) is -3.62. The van der Waals surface area contributed by atoms with Crippen molar-refractivity contribution in [3.05, 3.63) is 46.6 Å². The van der Waals surface area contributed by atoms with Gasteiger partial charge in [0.2, 0.25) is 10.0 Å². The molecular weight excluding hydrogens is 395 g/mol. The van der Waals surface area contributed by atoms with Crippen molar-refractivity contribution in [1.29, 1.82) is 0 Å². The summed E-state index contributed by atoms with van der Waals surface area (Å²) < 4.78 is 27.9. The molecule has 1 saturated carbocycles. The van der Waals surface area contributed by atoms with Gasteiger partial charge in [0.25, 0.3) is 0 Å². The number of nitrogens with zero attached hydrogens (tertiary/aromatic N) is 1. The monoisotopic (exact) mass is 414 g/mol. The molecule has 1 heterocycles. The average molecular weight is 415 g/mol. The zero-order valence-corrected chi connectivity index (χ0v) is 16.6. The van der Waals surface area contributed by atoms with Crippen molar-refractivity contribution in [3.63, 3.8) is 0 Å². The van der Waals surface area contributed by atoms with Crippen LogP contribution in [0.3, 0.4) is 0 Å². The molecule has 2 aromatic rings. The fraction of sp³-hybridized carbons (Fsp3) is 0.389. The molecule has 0 spiro atoms. The molecule has 0 amide bonds.